The topological polar surface area (TPSA) is 72.2 Å². The molecule has 0 aromatic heterocycles. The van der Waals surface area contributed by atoms with Gasteiger partial charge in [-0.3, -0.25) is 4.72 Å². The molecule has 3 N–H and O–H groups in total. The summed E-state index contributed by atoms with van der Waals surface area (Å²) in [4.78, 5) is -0.0281. The van der Waals surface area contributed by atoms with Crippen molar-refractivity contribution in [3.63, 3.8) is 0 Å². The van der Waals surface area contributed by atoms with Crippen LogP contribution in [0.3, 0.4) is 0 Å². The Bertz CT molecular complexity index is 758. The molecular weight excluding hydrogens is 279 g/mol. The average Bonchev–Trinajstić information content (AvgIpc) is 2.36. The SMILES string of the molecule is Cc1ccccc1NS(=O)(=O)c1cc(N)c(F)cc1C. The van der Waals surface area contributed by atoms with Crippen molar-refractivity contribution >= 4 is 21.4 Å². The molecule has 0 saturated carbocycles. The monoisotopic (exact) mass is 294 g/mol. The van der Waals surface area contributed by atoms with Crippen LogP contribution < -0.4 is 10.5 Å². The van der Waals surface area contributed by atoms with E-state index in [4.69, 9.17) is 5.73 Å². The van der Waals surface area contributed by atoms with Crippen molar-refractivity contribution in [1.82, 2.24) is 0 Å². The summed E-state index contributed by atoms with van der Waals surface area (Å²) in [6, 6.07) is 9.25. The standard InChI is InChI=1S/C14H15FN2O2S/c1-9-5-3-4-6-13(9)17-20(18,19)14-8-12(16)11(15)7-10(14)2/h3-8,17H,16H2,1-2H3. The van der Waals surface area contributed by atoms with Crippen molar-refractivity contribution in [2.75, 3.05) is 10.5 Å². The summed E-state index contributed by atoms with van der Waals surface area (Å²) < 4.78 is 40.5. The summed E-state index contributed by atoms with van der Waals surface area (Å²) >= 11 is 0. The quantitative estimate of drug-likeness (QED) is 0.855. The first-order valence-corrected chi connectivity index (χ1v) is 7.43. The first-order valence-electron chi connectivity index (χ1n) is 5.95. The number of sulfonamides is 1. The molecule has 2 aromatic rings. The molecule has 20 heavy (non-hydrogen) atoms. The normalized spacial score (nSPS) is 11.3. The Hall–Kier alpha value is -2.08. The number of benzene rings is 2. The molecule has 0 aliphatic rings. The number of nitrogen functional groups attached to an aromatic ring is 1. The molecule has 6 heteroatoms. The summed E-state index contributed by atoms with van der Waals surface area (Å²) in [7, 11) is -3.80. The van der Waals surface area contributed by atoms with Crippen molar-refractivity contribution in [3.8, 4) is 0 Å². The Morgan fingerprint density at radius 1 is 1.10 bits per heavy atom. The van der Waals surface area contributed by atoms with E-state index in [-0.39, 0.29) is 10.6 Å². The molecule has 0 heterocycles. The number of aryl methyl sites for hydroxylation is 2. The van der Waals surface area contributed by atoms with Crippen molar-refractivity contribution in [2.45, 2.75) is 18.7 Å². The van der Waals surface area contributed by atoms with Crippen LogP contribution >= 0.6 is 0 Å². The maximum absolute atomic E-state index is 13.3. The fourth-order valence-corrected chi connectivity index (χ4v) is 3.24. The number of nitrogens with one attached hydrogen (secondary N) is 1. The van der Waals surface area contributed by atoms with Gasteiger partial charge in [-0.2, -0.15) is 0 Å². The lowest BCUT2D eigenvalue weighted by Crippen LogP contribution is -2.15. The van der Waals surface area contributed by atoms with Crippen LogP contribution in [0.25, 0.3) is 0 Å². The van der Waals surface area contributed by atoms with Gasteiger partial charge in [0.2, 0.25) is 0 Å². The molecular formula is C14H15FN2O2S. The van der Waals surface area contributed by atoms with Gasteiger partial charge >= 0.3 is 0 Å². The second-order valence-electron chi connectivity index (χ2n) is 4.56. The number of nitrogens with two attached hydrogens (primary N) is 1. The maximum Gasteiger partial charge on any atom is 0.262 e. The van der Waals surface area contributed by atoms with Crippen LogP contribution in [-0.2, 0) is 10.0 Å². The van der Waals surface area contributed by atoms with E-state index < -0.39 is 15.8 Å². The predicted molar refractivity (Wildman–Crippen MR) is 77.5 cm³/mol. The van der Waals surface area contributed by atoms with E-state index in [9.17, 15) is 12.8 Å². The lowest BCUT2D eigenvalue weighted by molar-refractivity contribution is 0.599. The Labute approximate surface area is 117 Å². The molecule has 0 unspecified atom stereocenters. The zero-order chi connectivity index (χ0) is 14.9. The highest BCUT2D eigenvalue weighted by Crippen LogP contribution is 2.24. The van der Waals surface area contributed by atoms with Crippen molar-refractivity contribution < 1.29 is 12.8 Å². The maximum atomic E-state index is 13.3. The van der Waals surface area contributed by atoms with Crippen LogP contribution in [0.5, 0.6) is 0 Å². The van der Waals surface area contributed by atoms with Crippen molar-refractivity contribution in [3.05, 3.63) is 53.3 Å². The van der Waals surface area contributed by atoms with Crippen LogP contribution in [0.4, 0.5) is 15.8 Å². The Kier molecular flexibility index (Phi) is 3.67. The summed E-state index contributed by atoms with van der Waals surface area (Å²) in [5.74, 6) is -0.627. The van der Waals surface area contributed by atoms with E-state index >= 15 is 0 Å². The van der Waals surface area contributed by atoms with E-state index in [0.717, 1.165) is 17.7 Å². The fraction of sp³-hybridized carbons (Fsp3) is 0.143. The van der Waals surface area contributed by atoms with Gasteiger partial charge in [-0.25, -0.2) is 12.8 Å². The van der Waals surface area contributed by atoms with Crippen molar-refractivity contribution in [1.29, 1.82) is 0 Å². The summed E-state index contributed by atoms with van der Waals surface area (Å²) in [5, 5.41) is 0. The molecule has 0 atom stereocenters. The van der Waals surface area contributed by atoms with E-state index in [2.05, 4.69) is 4.72 Å². The van der Waals surface area contributed by atoms with E-state index in [1.54, 1.807) is 25.1 Å². The smallest absolute Gasteiger partial charge is 0.262 e. The van der Waals surface area contributed by atoms with E-state index in [1.165, 1.54) is 6.92 Å². The third kappa shape index (κ3) is 2.75. The number of para-hydroxylation sites is 1. The molecule has 0 spiro atoms. The summed E-state index contributed by atoms with van der Waals surface area (Å²) in [6.07, 6.45) is 0. The first-order chi connectivity index (χ1) is 9.31. The fourth-order valence-electron chi connectivity index (χ4n) is 1.85. The Morgan fingerprint density at radius 2 is 1.75 bits per heavy atom. The van der Waals surface area contributed by atoms with Gasteiger partial charge in [0.25, 0.3) is 10.0 Å². The zero-order valence-corrected chi connectivity index (χ0v) is 12.0. The second kappa shape index (κ2) is 5.13. The molecule has 0 radical (unpaired) electrons. The van der Waals surface area contributed by atoms with Gasteiger partial charge in [-0.1, -0.05) is 18.2 Å². The molecule has 0 saturated heterocycles. The van der Waals surface area contributed by atoms with Gasteiger partial charge in [0, 0.05) is 0 Å². The molecule has 4 nitrogen and oxygen atoms in total. The molecule has 0 amide bonds. The van der Waals surface area contributed by atoms with Crippen LogP contribution in [0, 0.1) is 19.7 Å². The largest absolute Gasteiger partial charge is 0.396 e. The Morgan fingerprint density at radius 3 is 2.40 bits per heavy atom. The van der Waals surface area contributed by atoms with Crippen LogP contribution in [0.15, 0.2) is 41.3 Å². The summed E-state index contributed by atoms with van der Waals surface area (Å²) in [5.41, 5.74) is 6.83. The molecule has 2 rings (SSSR count). The highest BCUT2D eigenvalue weighted by Gasteiger charge is 2.19. The second-order valence-corrected chi connectivity index (χ2v) is 6.21. The lowest BCUT2D eigenvalue weighted by Gasteiger charge is -2.13. The molecule has 0 aliphatic carbocycles. The van der Waals surface area contributed by atoms with Crippen LogP contribution in [0.1, 0.15) is 11.1 Å². The Balaban J connectivity index is 2.47. The predicted octanol–water partition coefficient (Wildman–Crippen LogP) is 2.83. The average molecular weight is 294 g/mol. The van der Waals surface area contributed by atoms with Crippen LogP contribution in [-0.4, -0.2) is 8.42 Å². The van der Waals surface area contributed by atoms with Gasteiger partial charge in [0.05, 0.1) is 16.3 Å². The van der Waals surface area contributed by atoms with Gasteiger partial charge in [-0.05, 0) is 43.2 Å². The van der Waals surface area contributed by atoms with E-state index in [1.807, 2.05) is 6.07 Å². The van der Waals surface area contributed by atoms with Gasteiger partial charge < -0.3 is 5.73 Å². The zero-order valence-electron chi connectivity index (χ0n) is 11.1. The molecule has 0 bridgehead atoms. The van der Waals surface area contributed by atoms with Gasteiger partial charge in [-0.15, -0.1) is 0 Å². The number of hydrogen-bond acceptors (Lipinski definition) is 3. The van der Waals surface area contributed by atoms with Gasteiger partial charge in [0.1, 0.15) is 5.82 Å². The first kappa shape index (κ1) is 14.3. The molecule has 0 aliphatic heterocycles. The number of rotatable bonds is 3. The third-order valence-electron chi connectivity index (χ3n) is 2.97. The minimum atomic E-state index is -3.80. The number of halogens is 1. The molecule has 106 valence electrons. The van der Waals surface area contributed by atoms with Gasteiger partial charge in [0.15, 0.2) is 0 Å². The number of hydrogen-bond donors (Lipinski definition) is 2. The minimum Gasteiger partial charge on any atom is -0.396 e. The van der Waals surface area contributed by atoms with Crippen LogP contribution in [0.2, 0.25) is 0 Å². The van der Waals surface area contributed by atoms with Crippen molar-refractivity contribution in [2.24, 2.45) is 0 Å². The minimum absolute atomic E-state index is 0.0281. The highest BCUT2D eigenvalue weighted by molar-refractivity contribution is 7.92. The van der Waals surface area contributed by atoms with E-state index in [0.29, 0.717) is 11.3 Å². The lowest BCUT2D eigenvalue weighted by atomic mass is 10.2. The highest BCUT2D eigenvalue weighted by atomic mass is 32.2. The molecule has 0 fully saturated rings. The third-order valence-corrected chi connectivity index (χ3v) is 4.48. The number of anilines is 2. The molecule has 2 aromatic carbocycles. The summed E-state index contributed by atoms with van der Waals surface area (Å²) in [6.45, 7) is 3.32.